The third-order valence-corrected chi connectivity index (χ3v) is 3.41. The predicted molar refractivity (Wildman–Crippen MR) is 98.0 cm³/mol. The Morgan fingerprint density at radius 3 is 2.54 bits per heavy atom. The highest BCUT2D eigenvalue weighted by atomic mass is 16.6. The second kappa shape index (κ2) is 11.9. The summed E-state index contributed by atoms with van der Waals surface area (Å²) in [6, 6.07) is 2.90. The second-order valence-electron chi connectivity index (χ2n) is 5.45. The maximum atomic E-state index is 11.7. The fraction of sp³-hybridized carbons (Fsp3) is 0.500. The quantitative estimate of drug-likeness (QED) is 0.395. The largest absolute Gasteiger partial charge is 0.504 e. The van der Waals surface area contributed by atoms with Crippen LogP contribution in [0.2, 0.25) is 0 Å². The fourth-order valence-electron chi connectivity index (χ4n) is 2.12. The number of aromatic hydroxyl groups is 1. The number of pyridine rings is 1. The second-order valence-corrected chi connectivity index (χ2v) is 5.45. The normalized spacial score (nSPS) is 10.8. The molecule has 2 heterocycles. The summed E-state index contributed by atoms with van der Waals surface area (Å²) in [6.07, 6.45) is 2.96. The van der Waals surface area contributed by atoms with Gasteiger partial charge in [0.25, 0.3) is 0 Å². The number of rotatable bonds is 13. The van der Waals surface area contributed by atoms with Gasteiger partial charge in [-0.25, -0.2) is 14.5 Å². The zero-order valence-corrected chi connectivity index (χ0v) is 16.0. The molecule has 0 radical (unpaired) electrons. The molecule has 0 aromatic carbocycles. The van der Waals surface area contributed by atoms with Crippen molar-refractivity contribution in [1.29, 1.82) is 0 Å². The molecule has 0 saturated carbocycles. The Labute approximate surface area is 162 Å². The lowest BCUT2D eigenvalue weighted by Crippen LogP contribution is -2.12. The molecule has 0 bridgehead atoms. The van der Waals surface area contributed by atoms with Crippen LogP contribution in [0.25, 0.3) is 5.82 Å². The highest BCUT2D eigenvalue weighted by Gasteiger charge is 2.14. The van der Waals surface area contributed by atoms with Crippen molar-refractivity contribution in [2.75, 3.05) is 53.4 Å². The van der Waals surface area contributed by atoms with Crippen molar-refractivity contribution in [3.8, 4) is 17.3 Å². The predicted octanol–water partition coefficient (Wildman–Crippen LogP) is 1.21. The number of methoxy groups -OCH3 is 1. The number of carbonyl (C=O) groups is 1. The Balaban J connectivity index is 1.77. The van der Waals surface area contributed by atoms with Crippen LogP contribution in [0.15, 0.2) is 24.5 Å². The molecule has 154 valence electrons. The molecule has 1 N–H and O–H groups in total. The number of aromatic nitrogens is 3. The molecule has 2 aromatic rings. The van der Waals surface area contributed by atoms with Crippen molar-refractivity contribution in [3.63, 3.8) is 0 Å². The van der Waals surface area contributed by atoms with Crippen LogP contribution in [0.1, 0.15) is 17.4 Å². The number of esters is 1. The van der Waals surface area contributed by atoms with Crippen LogP contribution in [-0.4, -0.2) is 79.2 Å². The Kier molecular flexibility index (Phi) is 9.19. The van der Waals surface area contributed by atoms with Crippen LogP contribution in [0.3, 0.4) is 0 Å². The summed E-state index contributed by atoms with van der Waals surface area (Å²) in [5, 5.41) is 14.2. The van der Waals surface area contributed by atoms with E-state index in [1.807, 2.05) is 0 Å². The molecule has 0 unspecified atom stereocenters. The maximum absolute atomic E-state index is 11.7. The lowest BCUT2D eigenvalue weighted by atomic mass is 10.4. The molecule has 28 heavy (non-hydrogen) atoms. The minimum Gasteiger partial charge on any atom is -0.504 e. The minimum absolute atomic E-state index is 0.131. The summed E-state index contributed by atoms with van der Waals surface area (Å²) in [6.45, 7) is 4.67. The van der Waals surface area contributed by atoms with Gasteiger partial charge in [0.05, 0.1) is 45.8 Å². The first-order valence-electron chi connectivity index (χ1n) is 8.85. The van der Waals surface area contributed by atoms with Crippen LogP contribution in [0.4, 0.5) is 0 Å². The molecule has 2 aromatic heterocycles. The molecule has 0 aliphatic heterocycles. The Bertz CT molecular complexity index is 736. The van der Waals surface area contributed by atoms with Gasteiger partial charge in [0, 0.05) is 19.4 Å². The molecule has 0 atom stereocenters. The molecule has 0 fully saturated rings. The van der Waals surface area contributed by atoms with Gasteiger partial charge in [-0.2, -0.15) is 5.10 Å². The molecule has 0 amide bonds. The van der Waals surface area contributed by atoms with E-state index in [9.17, 15) is 9.90 Å². The van der Waals surface area contributed by atoms with Gasteiger partial charge in [0.2, 0.25) is 0 Å². The van der Waals surface area contributed by atoms with Crippen LogP contribution in [-0.2, 0) is 18.9 Å². The summed E-state index contributed by atoms with van der Waals surface area (Å²) in [5.41, 5.74) is 0.131. The standard InChI is InChI=1S/C18H25N3O7/c1-3-27-18(23)15-4-5-21(20-15)17-16(22)12-14(13-19-17)28-11-10-26-9-8-25-7-6-24-2/h4-5,12-13,22H,3,6-11H2,1-2H3. The van der Waals surface area contributed by atoms with Crippen molar-refractivity contribution in [3.05, 3.63) is 30.2 Å². The van der Waals surface area contributed by atoms with Crippen LogP contribution >= 0.6 is 0 Å². The third kappa shape index (κ3) is 6.80. The van der Waals surface area contributed by atoms with E-state index >= 15 is 0 Å². The monoisotopic (exact) mass is 395 g/mol. The number of carbonyl (C=O) groups excluding carboxylic acids is 1. The average molecular weight is 395 g/mol. The molecule has 10 nitrogen and oxygen atoms in total. The lowest BCUT2D eigenvalue weighted by molar-refractivity contribution is 0.0179. The van der Waals surface area contributed by atoms with E-state index < -0.39 is 5.97 Å². The van der Waals surface area contributed by atoms with E-state index in [1.54, 1.807) is 14.0 Å². The smallest absolute Gasteiger partial charge is 0.358 e. The molecular formula is C18H25N3O7. The highest BCUT2D eigenvalue weighted by molar-refractivity contribution is 5.87. The first-order chi connectivity index (χ1) is 13.7. The van der Waals surface area contributed by atoms with Crippen molar-refractivity contribution < 1.29 is 33.6 Å². The van der Waals surface area contributed by atoms with E-state index in [0.29, 0.717) is 45.4 Å². The lowest BCUT2D eigenvalue weighted by Gasteiger charge is -2.09. The zero-order chi connectivity index (χ0) is 20.2. The van der Waals surface area contributed by atoms with E-state index in [1.165, 1.54) is 29.2 Å². The van der Waals surface area contributed by atoms with Gasteiger partial charge in [0.15, 0.2) is 17.3 Å². The first kappa shape index (κ1) is 21.6. The fourth-order valence-corrected chi connectivity index (χ4v) is 2.12. The van der Waals surface area contributed by atoms with E-state index in [-0.39, 0.29) is 23.9 Å². The number of hydrogen-bond donors (Lipinski definition) is 1. The number of nitrogens with zero attached hydrogens (tertiary/aromatic N) is 3. The molecule has 0 aliphatic carbocycles. The highest BCUT2D eigenvalue weighted by Crippen LogP contribution is 2.24. The molecular weight excluding hydrogens is 370 g/mol. The van der Waals surface area contributed by atoms with Gasteiger partial charge < -0.3 is 28.8 Å². The van der Waals surface area contributed by atoms with E-state index in [2.05, 4.69) is 10.1 Å². The molecule has 2 rings (SSSR count). The van der Waals surface area contributed by atoms with Gasteiger partial charge in [-0.15, -0.1) is 0 Å². The Morgan fingerprint density at radius 1 is 1.14 bits per heavy atom. The Hall–Kier alpha value is -2.69. The van der Waals surface area contributed by atoms with Gasteiger partial charge >= 0.3 is 5.97 Å². The molecule has 0 saturated heterocycles. The number of ether oxygens (including phenoxy) is 5. The SMILES string of the molecule is CCOC(=O)c1ccn(-c2ncc(OCCOCCOCCOC)cc2O)n1. The maximum Gasteiger partial charge on any atom is 0.358 e. The Morgan fingerprint density at radius 2 is 1.86 bits per heavy atom. The minimum atomic E-state index is -0.537. The van der Waals surface area contributed by atoms with E-state index in [4.69, 9.17) is 23.7 Å². The first-order valence-corrected chi connectivity index (χ1v) is 8.85. The topological polar surface area (TPSA) is 114 Å². The summed E-state index contributed by atoms with van der Waals surface area (Å²) in [7, 11) is 1.62. The van der Waals surface area contributed by atoms with Crippen molar-refractivity contribution in [1.82, 2.24) is 14.8 Å². The van der Waals surface area contributed by atoms with Crippen molar-refractivity contribution >= 4 is 5.97 Å². The third-order valence-electron chi connectivity index (χ3n) is 3.41. The summed E-state index contributed by atoms with van der Waals surface area (Å²) >= 11 is 0. The van der Waals surface area contributed by atoms with Gasteiger partial charge in [0.1, 0.15) is 12.4 Å². The molecule has 10 heteroatoms. The average Bonchev–Trinajstić information content (AvgIpc) is 3.17. The zero-order valence-electron chi connectivity index (χ0n) is 16.0. The number of hydrogen-bond acceptors (Lipinski definition) is 9. The van der Waals surface area contributed by atoms with E-state index in [0.717, 1.165) is 0 Å². The van der Waals surface area contributed by atoms with Crippen molar-refractivity contribution in [2.45, 2.75) is 6.92 Å². The van der Waals surface area contributed by atoms with Crippen LogP contribution in [0, 0.1) is 0 Å². The molecule has 0 spiro atoms. The molecule has 0 aliphatic rings. The summed E-state index contributed by atoms with van der Waals surface area (Å²) < 4.78 is 27.2. The van der Waals surface area contributed by atoms with Gasteiger partial charge in [-0.3, -0.25) is 0 Å². The summed E-state index contributed by atoms with van der Waals surface area (Å²) in [4.78, 5) is 15.8. The van der Waals surface area contributed by atoms with Crippen LogP contribution in [0.5, 0.6) is 11.5 Å². The summed E-state index contributed by atoms with van der Waals surface area (Å²) in [5.74, 6) is -0.111. The van der Waals surface area contributed by atoms with Gasteiger partial charge in [-0.1, -0.05) is 0 Å². The van der Waals surface area contributed by atoms with Crippen LogP contribution < -0.4 is 4.74 Å². The van der Waals surface area contributed by atoms with Crippen molar-refractivity contribution in [2.24, 2.45) is 0 Å². The van der Waals surface area contributed by atoms with Gasteiger partial charge in [-0.05, 0) is 13.0 Å².